The largest absolute Gasteiger partial charge is 0.496 e. The molecule has 0 aliphatic carbocycles. The molecule has 0 saturated heterocycles. The average molecular weight is 285 g/mol. The van der Waals surface area contributed by atoms with E-state index in [2.05, 4.69) is 4.98 Å². The highest BCUT2D eigenvalue weighted by molar-refractivity contribution is 5.83. The molecule has 2 heterocycles. The second kappa shape index (κ2) is 5.40. The minimum Gasteiger partial charge on any atom is -0.496 e. The molecule has 0 atom stereocenters. The first-order chi connectivity index (χ1) is 10.2. The fourth-order valence-corrected chi connectivity index (χ4v) is 2.67. The monoisotopic (exact) mass is 285 g/mol. The van der Waals surface area contributed by atoms with Crippen LogP contribution >= 0.6 is 0 Å². The highest BCUT2D eigenvalue weighted by Crippen LogP contribution is 2.28. The van der Waals surface area contributed by atoms with E-state index in [1.54, 1.807) is 30.5 Å². The summed E-state index contributed by atoms with van der Waals surface area (Å²) in [6.07, 6.45) is 6.16. The fraction of sp³-hybridized carbons (Fsp3) is 0.267. The normalized spacial score (nSPS) is 13.7. The van der Waals surface area contributed by atoms with Gasteiger partial charge in [-0.3, -0.25) is 9.36 Å². The molecule has 21 heavy (non-hydrogen) atoms. The SMILES string of the molecule is COc1ccc2c(c1C=O)CCN(C(=O)n1ccnc1)C2. The highest BCUT2D eigenvalue weighted by Gasteiger charge is 2.24. The van der Waals surface area contributed by atoms with E-state index < -0.39 is 0 Å². The summed E-state index contributed by atoms with van der Waals surface area (Å²) in [6, 6.07) is 3.57. The van der Waals surface area contributed by atoms with Gasteiger partial charge in [0.25, 0.3) is 0 Å². The number of methoxy groups -OCH3 is 1. The topological polar surface area (TPSA) is 64.4 Å². The lowest BCUT2D eigenvalue weighted by atomic mass is 9.94. The molecular weight excluding hydrogens is 270 g/mol. The lowest BCUT2D eigenvalue weighted by molar-refractivity contribution is 0.111. The predicted molar refractivity (Wildman–Crippen MR) is 75.5 cm³/mol. The van der Waals surface area contributed by atoms with Crippen molar-refractivity contribution in [3.8, 4) is 5.75 Å². The van der Waals surface area contributed by atoms with Gasteiger partial charge in [0.1, 0.15) is 12.1 Å². The van der Waals surface area contributed by atoms with Gasteiger partial charge in [-0.1, -0.05) is 6.07 Å². The van der Waals surface area contributed by atoms with Crippen LogP contribution in [0.4, 0.5) is 4.79 Å². The summed E-state index contributed by atoms with van der Waals surface area (Å²) in [5, 5.41) is 0. The van der Waals surface area contributed by atoms with Crippen molar-refractivity contribution in [1.82, 2.24) is 14.5 Å². The Morgan fingerprint density at radius 3 is 2.95 bits per heavy atom. The van der Waals surface area contributed by atoms with Gasteiger partial charge in [-0.05, 0) is 23.6 Å². The predicted octanol–water partition coefficient (Wildman–Crippen LogP) is 1.73. The van der Waals surface area contributed by atoms with Crippen LogP contribution in [0.15, 0.2) is 30.9 Å². The van der Waals surface area contributed by atoms with Gasteiger partial charge in [-0.15, -0.1) is 0 Å². The molecule has 0 N–H and O–H groups in total. The van der Waals surface area contributed by atoms with Crippen molar-refractivity contribution < 1.29 is 14.3 Å². The van der Waals surface area contributed by atoms with Gasteiger partial charge in [0.2, 0.25) is 0 Å². The Hall–Kier alpha value is -2.63. The molecule has 1 aliphatic heterocycles. The number of carbonyl (C=O) groups excluding carboxylic acids is 2. The molecule has 0 unspecified atom stereocenters. The maximum atomic E-state index is 12.3. The number of fused-ring (bicyclic) bond motifs is 1. The summed E-state index contributed by atoms with van der Waals surface area (Å²) in [7, 11) is 1.55. The van der Waals surface area contributed by atoms with Gasteiger partial charge in [0.15, 0.2) is 6.29 Å². The Kier molecular flexibility index (Phi) is 3.43. The Labute approximate surface area is 122 Å². The summed E-state index contributed by atoms with van der Waals surface area (Å²) in [5.74, 6) is 0.582. The first kappa shape index (κ1) is 13.4. The van der Waals surface area contributed by atoms with E-state index in [9.17, 15) is 9.59 Å². The van der Waals surface area contributed by atoms with Gasteiger partial charge in [-0.25, -0.2) is 9.78 Å². The van der Waals surface area contributed by atoms with Gasteiger partial charge < -0.3 is 9.64 Å². The van der Waals surface area contributed by atoms with Crippen molar-refractivity contribution in [2.75, 3.05) is 13.7 Å². The van der Waals surface area contributed by atoms with Crippen LogP contribution in [0.3, 0.4) is 0 Å². The molecule has 1 aromatic carbocycles. The first-order valence-electron chi connectivity index (χ1n) is 6.65. The number of carbonyl (C=O) groups is 2. The van der Waals surface area contributed by atoms with Gasteiger partial charge >= 0.3 is 6.03 Å². The third kappa shape index (κ3) is 2.29. The molecule has 0 radical (unpaired) electrons. The lowest BCUT2D eigenvalue weighted by Gasteiger charge is -2.29. The molecule has 0 spiro atoms. The summed E-state index contributed by atoms with van der Waals surface area (Å²) in [5.41, 5.74) is 2.54. The van der Waals surface area contributed by atoms with Crippen molar-refractivity contribution in [1.29, 1.82) is 0 Å². The number of amides is 1. The van der Waals surface area contributed by atoms with E-state index >= 15 is 0 Å². The summed E-state index contributed by atoms with van der Waals surface area (Å²) >= 11 is 0. The number of benzene rings is 1. The molecule has 0 bridgehead atoms. The van der Waals surface area contributed by atoms with Crippen molar-refractivity contribution in [3.05, 3.63) is 47.5 Å². The third-order valence-electron chi connectivity index (χ3n) is 3.74. The second-order valence-corrected chi connectivity index (χ2v) is 4.86. The molecule has 1 aromatic heterocycles. The molecule has 108 valence electrons. The standard InChI is InChI=1S/C15H15N3O3/c1-21-14-3-2-11-8-17(6-4-12(11)13(14)9-19)15(20)18-7-5-16-10-18/h2-3,5,7,9-10H,4,6,8H2,1H3. The molecule has 1 aliphatic rings. The number of nitrogens with zero attached hydrogens (tertiary/aromatic N) is 3. The van der Waals surface area contributed by atoms with Crippen molar-refractivity contribution in [2.45, 2.75) is 13.0 Å². The quantitative estimate of drug-likeness (QED) is 0.788. The number of imidazole rings is 1. The zero-order valence-corrected chi connectivity index (χ0v) is 11.7. The van der Waals surface area contributed by atoms with Crippen LogP contribution in [-0.4, -0.2) is 40.4 Å². The number of rotatable bonds is 2. The molecule has 1 amide bonds. The number of hydrogen-bond donors (Lipinski definition) is 0. The Balaban J connectivity index is 1.90. The summed E-state index contributed by atoms with van der Waals surface area (Å²) in [6.45, 7) is 1.05. The lowest BCUT2D eigenvalue weighted by Crippen LogP contribution is -2.38. The number of aldehydes is 1. The Morgan fingerprint density at radius 1 is 1.43 bits per heavy atom. The van der Waals surface area contributed by atoms with Crippen molar-refractivity contribution in [2.24, 2.45) is 0 Å². The smallest absolute Gasteiger partial charge is 0.329 e. The van der Waals surface area contributed by atoms with Crippen LogP contribution < -0.4 is 4.74 Å². The molecule has 6 nitrogen and oxygen atoms in total. The van der Waals surface area contributed by atoms with Crippen LogP contribution in [0.5, 0.6) is 5.75 Å². The van der Waals surface area contributed by atoms with E-state index in [4.69, 9.17) is 4.74 Å². The Bertz CT molecular complexity index is 680. The Morgan fingerprint density at radius 2 is 2.29 bits per heavy atom. The van der Waals surface area contributed by atoms with E-state index in [1.165, 1.54) is 10.9 Å². The third-order valence-corrected chi connectivity index (χ3v) is 3.74. The highest BCUT2D eigenvalue weighted by atomic mass is 16.5. The first-order valence-corrected chi connectivity index (χ1v) is 6.65. The van der Waals surface area contributed by atoms with Crippen molar-refractivity contribution in [3.63, 3.8) is 0 Å². The summed E-state index contributed by atoms with van der Waals surface area (Å²) < 4.78 is 6.66. The molecule has 6 heteroatoms. The van der Waals surface area contributed by atoms with Crippen LogP contribution in [0, 0.1) is 0 Å². The van der Waals surface area contributed by atoms with Gasteiger partial charge in [-0.2, -0.15) is 0 Å². The van der Waals surface area contributed by atoms with Crippen LogP contribution in [-0.2, 0) is 13.0 Å². The van der Waals surface area contributed by atoms with E-state index in [-0.39, 0.29) is 6.03 Å². The zero-order valence-electron chi connectivity index (χ0n) is 11.7. The van der Waals surface area contributed by atoms with E-state index in [1.807, 2.05) is 6.07 Å². The van der Waals surface area contributed by atoms with E-state index in [0.717, 1.165) is 17.4 Å². The molecule has 3 rings (SSSR count). The molecule has 0 saturated carbocycles. The van der Waals surface area contributed by atoms with Crippen molar-refractivity contribution >= 4 is 12.3 Å². The zero-order chi connectivity index (χ0) is 14.8. The number of aromatic nitrogens is 2. The second-order valence-electron chi connectivity index (χ2n) is 4.86. The fourth-order valence-electron chi connectivity index (χ4n) is 2.67. The molecular formula is C15H15N3O3. The summed E-state index contributed by atoms with van der Waals surface area (Å²) in [4.78, 5) is 29.2. The van der Waals surface area contributed by atoms with Crippen LogP contribution in [0.1, 0.15) is 21.5 Å². The van der Waals surface area contributed by atoms with Gasteiger partial charge in [0, 0.05) is 25.5 Å². The van der Waals surface area contributed by atoms with Crippen LogP contribution in [0.25, 0.3) is 0 Å². The molecule has 0 fully saturated rings. The number of ether oxygens (including phenoxy) is 1. The minimum atomic E-state index is -0.110. The average Bonchev–Trinajstić information content (AvgIpc) is 3.06. The van der Waals surface area contributed by atoms with Crippen LogP contribution in [0.2, 0.25) is 0 Å². The number of hydrogen-bond acceptors (Lipinski definition) is 4. The maximum Gasteiger partial charge on any atom is 0.329 e. The molecule has 2 aromatic rings. The van der Waals surface area contributed by atoms with Gasteiger partial charge in [0.05, 0.1) is 12.7 Å². The maximum absolute atomic E-state index is 12.3. The van der Waals surface area contributed by atoms with E-state index in [0.29, 0.717) is 30.8 Å². The minimum absolute atomic E-state index is 0.110.